The third-order valence-corrected chi connectivity index (χ3v) is 5.97. The van der Waals surface area contributed by atoms with Crippen LogP contribution in [-0.4, -0.2) is 78.8 Å². The van der Waals surface area contributed by atoms with Gasteiger partial charge in [0.1, 0.15) is 18.0 Å². The van der Waals surface area contributed by atoms with Crippen LogP contribution in [0.5, 0.6) is 0 Å². The maximum Gasteiger partial charge on any atom is 0.395 e. The Bertz CT molecular complexity index is 840. The zero-order valence-electron chi connectivity index (χ0n) is 18.3. The van der Waals surface area contributed by atoms with Crippen molar-refractivity contribution in [1.82, 2.24) is 19.8 Å². The average molecular weight is 437 g/mol. The van der Waals surface area contributed by atoms with Crippen molar-refractivity contribution in [2.24, 2.45) is 11.8 Å². The SMILES string of the molecule is C=Cc1c(N)ncnc1N1CCN(C(CN(C)C)C2=CC(C)C(C(F)(F)F)C=C2)CC1. The molecule has 2 heterocycles. The summed E-state index contributed by atoms with van der Waals surface area (Å²) >= 11 is 0. The average Bonchev–Trinajstić information content (AvgIpc) is 2.71. The summed E-state index contributed by atoms with van der Waals surface area (Å²) in [6.07, 6.45) is 3.68. The molecule has 3 atom stereocenters. The fourth-order valence-corrected chi connectivity index (χ4v) is 4.35. The Kier molecular flexibility index (Phi) is 7.06. The van der Waals surface area contributed by atoms with E-state index in [0.29, 0.717) is 5.82 Å². The number of nitrogens with two attached hydrogens (primary N) is 1. The van der Waals surface area contributed by atoms with Crippen LogP contribution < -0.4 is 10.6 Å². The molecule has 0 aromatic carbocycles. The summed E-state index contributed by atoms with van der Waals surface area (Å²) < 4.78 is 39.7. The predicted octanol–water partition coefficient (Wildman–Crippen LogP) is 3.06. The van der Waals surface area contributed by atoms with Crippen molar-refractivity contribution >= 4 is 17.7 Å². The van der Waals surface area contributed by atoms with E-state index in [1.54, 1.807) is 25.2 Å². The van der Waals surface area contributed by atoms with Crippen molar-refractivity contribution in [2.75, 3.05) is 57.5 Å². The summed E-state index contributed by atoms with van der Waals surface area (Å²) in [5.74, 6) is -0.831. The number of likely N-dealkylation sites (N-methyl/N-ethyl adjacent to an activating group) is 1. The molecule has 3 rings (SSSR count). The molecule has 1 saturated heterocycles. The number of alkyl halides is 3. The highest BCUT2D eigenvalue weighted by atomic mass is 19.4. The number of rotatable bonds is 6. The Labute approximate surface area is 181 Å². The van der Waals surface area contributed by atoms with Gasteiger partial charge in [0.05, 0.1) is 11.5 Å². The van der Waals surface area contributed by atoms with Crippen molar-refractivity contribution in [3.05, 3.63) is 42.3 Å². The summed E-state index contributed by atoms with van der Waals surface area (Å²) in [6, 6.07) is 0.0272. The van der Waals surface area contributed by atoms with Gasteiger partial charge < -0.3 is 15.5 Å². The molecule has 9 heteroatoms. The van der Waals surface area contributed by atoms with Crippen molar-refractivity contribution in [2.45, 2.75) is 19.1 Å². The van der Waals surface area contributed by atoms with Gasteiger partial charge in [-0.05, 0) is 25.6 Å². The standard InChI is InChI=1S/C22H31F3N6/c1-5-17-20(26)27-14-28-21(17)31-10-8-30(9-11-31)19(13-29(3)4)16-6-7-18(15(2)12-16)22(23,24)25/h5-7,12,14-15,18-19H,1,8-11,13H2,2-4H3,(H2,26,27,28). The van der Waals surface area contributed by atoms with Crippen LogP contribution in [0.1, 0.15) is 12.5 Å². The van der Waals surface area contributed by atoms with Crippen LogP contribution in [0.15, 0.2) is 36.7 Å². The molecule has 2 aliphatic rings. The van der Waals surface area contributed by atoms with Gasteiger partial charge in [-0.3, -0.25) is 4.90 Å². The molecule has 0 radical (unpaired) electrons. The van der Waals surface area contributed by atoms with Gasteiger partial charge in [-0.2, -0.15) is 13.2 Å². The first-order valence-corrected chi connectivity index (χ1v) is 10.4. The molecule has 1 fully saturated rings. The molecule has 1 aliphatic heterocycles. The van der Waals surface area contributed by atoms with Gasteiger partial charge in [0, 0.05) is 38.8 Å². The third kappa shape index (κ3) is 5.27. The molecule has 0 spiro atoms. The molecule has 1 aromatic rings. The second kappa shape index (κ2) is 9.40. The van der Waals surface area contributed by atoms with E-state index in [0.717, 1.165) is 49.7 Å². The highest BCUT2D eigenvalue weighted by molar-refractivity contribution is 5.71. The van der Waals surface area contributed by atoms with E-state index in [1.807, 2.05) is 14.1 Å². The molecular formula is C22H31F3N6. The summed E-state index contributed by atoms with van der Waals surface area (Å²) in [5, 5.41) is 0. The Morgan fingerprint density at radius 2 is 1.94 bits per heavy atom. The number of aromatic nitrogens is 2. The minimum absolute atomic E-state index is 0.0272. The number of nitrogen functional groups attached to an aromatic ring is 1. The van der Waals surface area contributed by atoms with E-state index in [4.69, 9.17) is 5.73 Å². The van der Waals surface area contributed by atoms with Crippen molar-refractivity contribution in [3.8, 4) is 0 Å². The van der Waals surface area contributed by atoms with Crippen molar-refractivity contribution in [1.29, 1.82) is 0 Å². The topological polar surface area (TPSA) is 61.5 Å². The minimum atomic E-state index is -4.22. The third-order valence-electron chi connectivity index (χ3n) is 5.97. The molecule has 31 heavy (non-hydrogen) atoms. The van der Waals surface area contributed by atoms with Crippen LogP contribution in [-0.2, 0) is 0 Å². The first kappa shape index (κ1) is 23.3. The summed E-state index contributed by atoms with van der Waals surface area (Å²) in [5.41, 5.74) is 7.64. The number of allylic oxidation sites excluding steroid dienone is 2. The molecular weight excluding hydrogens is 405 g/mol. The van der Waals surface area contributed by atoms with Gasteiger partial charge in [-0.1, -0.05) is 37.8 Å². The van der Waals surface area contributed by atoms with Gasteiger partial charge in [0.2, 0.25) is 0 Å². The van der Waals surface area contributed by atoms with Crippen molar-refractivity contribution < 1.29 is 13.2 Å². The van der Waals surface area contributed by atoms with Crippen LogP contribution in [0.2, 0.25) is 0 Å². The Morgan fingerprint density at radius 1 is 1.26 bits per heavy atom. The van der Waals surface area contributed by atoms with Crippen LogP contribution >= 0.6 is 0 Å². The Balaban J connectivity index is 1.75. The number of hydrogen-bond acceptors (Lipinski definition) is 6. The molecule has 2 N–H and O–H groups in total. The molecule has 1 aromatic heterocycles. The second-order valence-corrected chi connectivity index (χ2v) is 8.45. The van der Waals surface area contributed by atoms with E-state index in [9.17, 15) is 13.2 Å². The van der Waals surface area contributed by atoms with E-state index >= 15 is 0 Å². The molecule has 3 unspecified atom stereocenters. The monoisotopic (exact) mass is 436 g/mol. The normalized spacial score (nSPS) is 23.7. The van der Waals surface area contributed by atoms with Gasteiger partial charge in [0.25, 0.3) is 0 Å². The lowest BCUT2D eigenvalue weighted by molar-refractivity contribution is -0.169. The first-order chi connectivity index (χ1) is 14.6. The summed E-state index contributed by atoms with van der Waals surface area (Å²) in [6.45, 7) is 9.19. The number of hydrogen-bond donors (Lipinski definition) is 1. The number of halogens is 3. The fraction of sp³-hybridized carbons (Fsp3) is 0.545. The van der Waals surface area contributed by atoms with E-state index in [2.05, 4.69) is 31.2 Å². The summed E-state index contributed by atoms with van der Waals surface area (Å²) in [4.78, 5) is 15.0. The molecule has 0 saturated carbocycles. The van der Waals surface area contributed by atoms with Gasteiger partial charge >= 0.3 is 6.18 Å². The van der Waals surface area contributed by atoms with Crippen LogP contribution in [0, 0.1) is 11.8 Å². The molecule has 0 bridgehead atoms. The Hall–Kier alpha value is -2.39. The van der Waals surface area contributed by atoms with Gasteiger partial charge in [-0.15, -0.1) is 0 Å². The zero-order valence-corrected chi connectivity index (χ0v) is 18.3. The van der Waals surface area contributed by atoms with E-state index in [1.165, 1.54) is 12.4 Å². The van der Waals surface area contributed by atoms with Crippen LogP contribution in [0.3, 0.4) is 0 Å². The quantitative estimate of drug-likeness (QED) is 0.740. The lowest BCUT2D eigenvalue weighted by Crippen LogP contribution is -2.53. The van der Waals surface area contributed by atoms with Gasteiger partial charge in [-0.25, -0.2) is 9.97 Å². The number of anilines is 2. The number of piperazine rings is 1. The maximum atomic E-state index is 13.2. The molecule has 6 nitrogen and oxygen atoms in total. The Morgan fingerprint density at radius 3 is 2.48 bits per heavy atom. The smallest absolute Gasteiger partial charge is 0.383 e. The minimum Gasteiger partial charge on any atom is -0.383 e. The van der Waals surface area contributed by atoms with E-state index in [-0.39, 0.29) is 6.04 Å². The summed E-state index contributed by atoms with van der Waals surface area (Å²) in [7, 11) is 3.97. The highest BCUT2D eigenvalue weighted by Crippen LogP contribution is 2.38. The number of nitrogens with zero attached hydrogens (tertiary/aromatic N) is 5. The van der Waals surface area contributed by atoms with Crippen molar-refractivity contribution in [3.63, 3.8) is 0 Å². The maximum absolute atomic E-state index is 13.2. The second-order valence-electron chi connectivity index (χ2n) is 8.45. The first-order valence-electron chi connectivity index (χ1n) is 10.4. The van der Waals surface area contributed by atoms with Crippen LogP contribution in [0.4, 0.5) is 24.8 Å². The zero-order chi connectivity index (χ0) is 22.8. The lowest BCUT2D eigenvalue weighted by Gasteiger charge is -2.42. The highest BCUT2D eigenvalue weighted by Gasteiger charge is 2.42. The van der Waals surface area contributed by atoms with E-state index < -0.39 is 18.0 Å². The molecule has 1 aliphatic carbocycles. The fourth-order valence-electron chi connectivity index (χ4n) is 4.35. The largest absolute Gasteiger partial charge is 0.395 e. The van der Waals surface area contributed by atoms with Crippen LogP contribution in [0.25, 0.3) is 6.08 Å². The molecule has 170 valence electrons. The van der Waals surface area contributed by atoms with Gasteiger partial charge in [0.15, 0.2) is 0 Å². The molecule has 0 amide bonds. The lowest BCUT2D eigenvalue weighted by atomic mass is 9.84. The predicted molar refractivity (Wildman–Crippen MR) is 119 cm³/mol.